The van der Waals surface area contributed by atoms with Crippen molar-refractivity contribution in [1.29, 1.82) is 0 Å². The Morgan fingerprint density at radius 3 is 2.65 bits per heavy atom. The van der Waals surface area contributed by atoms with E-state index in [4.69, 9.17) is 4.74 Å². The Morgan fingerprint density at radius 1 is 1.29 bits per heavy atom. The highest BCUT2D eigenvalue weighted by molar-refractivity contribution is 9.10. The van der Waals surface area contributed by atoms with Crippen molar-refractivity contribution in [3.63, 3.8) is 0 Å². The Bertz CT molecular complexity index is 1040. The maximum atomic E-state index is 13.5. The summed E-state index contributed by atoms with van der Waals surface area (Å²) in [4.78, 5) is 47.3. The van der Waals surface area contributed by atoms with Crippen LogP contribution in [0.3, 0.4) is 0 Å². The van der Waals surface area contributed by atoms with Gasteiger partial charge in [-0.1, -0.05) is 36.7 Å². The number of nitrogens with one attached hydrogen (secondary N) is 2. The molecule has 0 saturated carbocycles. The fourth-order valence-corrected chi connectivity index (χ4v) is 4.63. The molecule has 2 amide bonds. The summed E-state index contributed by atoms with van der Waals surface area (Å²) in [6.07, 6.45) is 0.999. The number of alkyl carbamates (subject to hydrolysis) is 1. The molecular formula is C22H29BrN4O4. The molecule has 2 aromatic rings. The summed E-state index contributed by atoms with van der Waals surface area (Å²) in [5.74, 6) is 0.116. The Kier molecular flexibility index (Phi) is 7.03. The molecule has 2 heterocycles. The van der Waals surface area contributed by atoms with Crippen molar-refractivity contribution in [2.75, 3.05) is 7.11 Å². The quantitative estimate of drug-likeness (QED) is 0.663. The first-order chi connectivity index (χ1) is 14.6. The minimum absolute atomic E-state index is 0.0157. The number of aromatic nitrogens is 2. The number of nitrogens with zero attached hydrogens (tertiary/aromatic N) is 2. The number of amides is 2. The topological polar surface area (TPSA) is 104 Å². The molecule has 168 valence electrons. The second-order valence-electron chi connectivity index (χ2n) is 8.50. The molecule has 4 atom stereocenters. The SMILES string of the molecule is COC(=O)NC(C(=O)N1C(C)CCC1C(C)c1nc2cc(Br)ccc2c(=O)[nH]1)C(C)C. The van der Waals surface area contributed by atoms with E-state index < -0.39 is 12.1 Å². The summed E-state index contributed by atoms with van der Waals surface area (Å²) < 4.78 is 5.55. The molecule has 1 aromatic carbocycles. The van der Waals surface area contributed by atoms with Crippen LogP contribution in [-0.4, -0.2) is 52.1 Å². The number of halogens is 1. The molecule has 4 unspecified atom stereocenters. The summed E-state index contributed by atoms with van der Waals surface area (Å²) in [5.41, 5.74) is 0.409. The normalized spacial score (nSPS) is 20.7. The lowest BCUT2D eigenvalue weighted by atomic mass is 9.96. The summed E-state index contributed by atoms with van der Waals surface area (Å²) in [6, 6.07) is 4.54. The van der Waals surface area contributed by atoms with Crippen molar-refractivity contribution in [3.05, 3.63) is 38.9 Å². The van der Waals surface area contributed by atoms with Crippen LogP contribution in [0.25, 0.3) is 10.9 Å². The zero-order valence-corrected chi connectivity index (χ0v) is 20.0. The molecule has 3 rings (SSSR count). The van der Waals surface area contributed by atoms with Crippen molar-refractivity contribution in [3.8, 4) is 0 Å². The third-order valence-corrected chi connectivity index (χ3v) is 6.55. The number of hydrogen-bond acceptors (Lipinski definition) is 5. The summed E-state index contributed by atoms with van der Waals surface area (Å²) in [7, 11) is 1.28. The van der Waals surface area contributed by atoms with E-state index in [2.05, 4.69) is 31.2 Å². The number of methoxy groups -OCH3 is 1. The number of benzene rings is 1. The van der Waals surface area contributed by atoms with Crippen molar-refractivity contribution in [2.24, 2.45) is 5.92 Å². The smallest absolute Gasteiger partial charge is 0.407 e. The molecule has 0 radical (unpaired) electrons. The Morgan fingerprint density at radius 2 is 2.00 bits per heavy atom. The molecule has 8 nitrogen and oxygen atoms in total. The van der Waals surface area contributed by atoms with Gasteiger partial charge in [-0.15, -0.1) is 0 Å². The third-order valence-electron chi connectivity index (χ3n) is 6.05. The molecule has 0 bridgehead atoms. The van der Waals surface area contributed by atoms with Gasteiger partial charge in [-0.3, -0.25) is 9.59 Å². The van der Waals surface area contributed by atoms with E-state index in [1.807, 2.05) is 44.7 Å². The molecule has 2 N–H and O–H groups in total. The highest BCUT2D eigenvalue weighted by atomic mass is 79.9. The van der Waals surface area contributed by atoms with Crippen LogP contribution >= 0.6 is 15.9 Å². The zero-order valence-electron chi connectivity index (χ0n) is 18.4. The molecule has 1 aromatic heterocycles. The van der Waals surface area contributed by atoms with Gasteiger partial charge in [-0.25, -0.2) is 9.78 Å². The number of fused-ring (bicyclic) bond motifs is 1. The highest BCUT2D eigenvalue weighted by Gasteiger charge is 2.42. The van der Waals surface area contributed by atoms with Crippen LogP contribution in [-0.2, 0) is 9.53 Å². The van der Waals surface area contributed by atoms with Gasteiger partial charge < -0.3 is 19.9 Å². The molecular weight excluding hydrogens is 464 g/mol. The summed E-state index contributed by atoms with van der Waals surface area (Å²) in [6.45, 7) is 7.76. The standard InChI is InChI=1S/C22H29BrN4O4/c1-11(2)18(25-22(30)31-5)21(29)27-12(3)6-9-17(27)13(4)19-24-16-10-14(23)7-8-15(16)20(28)26-19/h7-8,10-13,17-18H,6,9H2,1-5H3,(H,25,30)(H,24,26,28). The fourth-order valence-electron chi connectivity index (χ4n) is 4.28. The maximum Gasteiger partial charge on any atom is 0.407 e. The summed E-state index contributed by atoms with van der Waals surface area (Å²) in [5, 5.41) is 3.19. The van der Waals surface area contributed by atoms with Crippen LogP contribution in [0.2, 0.25) is 0 Å². The lowest BCUT2D eigenvalue weighted by Gasteiger charge is -2.36. The first kappa shape index (κ1) is 23.2. The molecule has 1 fully saturated rings. The van der Waals surface area contributed by atoms with Gasteiger partial charge in [0.25, 0.3) is 5.56 Å². The van der Waals surface area contributed by atoms with Crippen LogP contribution in [0, 0.1) is 5.92 Å². The predicted molar refractivity (Wildman–Crippen MR) is 122 cm³/mol. The molecule has 0 aliphatic carbocycles. The molecule has 9 heteroatoms. The lowest BCUT2D eigenvalue weighted by Crippen LogP contribution is -2.55. The van der Waals surface area contributed by atoms with E-state index >= 15 is 0 Å². The molecule has 1 saturated heterocycles. The first-order valence-corrected chi connectivity index (χ1v) is 11.3. The monoisotopic (exact) mass is 492 g/mol. The van der Waals surface area contributed by atoms with Crippen molar-refractivity contribution < 1.29 is 14.3 Å². The number of hydrogen-bond donors (Lipinski definition) is 2. The minimum atomic E-state index is -0.692. The molecule has 31 heavy (non-hydrogen) atoms. The van der Waals surface area contributed by atoms with Crippen molar-refractivity contribution in [2.45, 2.75) is 64.6 Å². The van der Waals surface area contributed by atoms with E-state index in [-0.39, 0.29) is 35.4 Å². The van der Waals surface area contributed by atoms with Crippen LogP contribution in [0.4, 0.5) is 4.79 Å². The van der Waals surface area contributed by atoms with E-state index in [0.29, 0.717) is 16.7 Å². The maximum absolute atomic E-state index is 13.5. The van der Waals surface area contributed by atoms with Crippen molar-refractivity contribution >= 4 is 38.8 Å². The largest absolute Gasteiger partial charge is 0.453 e. The number of H-pyrrole nitrogens is 1. The van der Waals surface area contributed by atoms with E-state index in [0.717, 1.165) is 17.3 Å². The number of rotatable bonds is 5. The number of likely N-dealkylation sites (tertiary alicyclic amines) is 1. The number of ether oxygens (including phenoxy) is 1. The van der Waals surface area contributed by atoms with E-state index in [1.54, 1.807) is 6.07 Å². The van der Waals surface area contributed by atoms with Gasteiger partial charge in [0.2, 0.25) is 5.91 Å². The van der Waals surface area contributed by atoms with E-state index in [1.165, 1.54) is 7.11 Å². The van der Waals surface area contributed by atoms with Gasteiger partial charge in [-0.2, -0.15) is 0 Å². The third kappa shape index (κ3) is 4.76. The Balaban J connectivity index is 1.94. The van der Waals surface area contributed by atoms with E-state index in [9.17, 15) is 14.4 Å². The van der Waals surface area contributed by atoms with Crippen molar-refractivity contribution in [1.82, 2.24) is 20.2 Å². The van der Waals surface area contributed by atoms with Gasteiger partial charge in [0, 0.05) is 22.5 Å². The van der Waals surface area contributed by atoms with Gasteiger partial charge in [0.15, 0.2) is 0 Å². The van der Waals surface area contributed by atoms with Gasteiger partial charge >= 0.3 is 6.09 Å². The van der Waals surface area contributed by atoms with Gasteiger partial charge in [-0.05, 0) is 43.9 Å². The van der Waals surface area contributed by atoms with Gasteiger partial charge in [0.1, 0.15) is 11.9 Å². The fraction of sp³-hybridized carbons (Fsp3) is 0.545. The Labute approximate surface area is 189 Å². The predicted octanol–water partition coefficient (Wildman–Crippen LogP) is 3.55. The van der Waals surface area contributed by atoms with Gasteiger partial charge in [0.05, 0.1) is 18.0 Å². The molecule has 1 aliphatic rings. The van der Waals surface area contributed by atoms with Crippen LogP contribution in [0.15, 0.2) is 27.5 Å². The Hall–Kier alpha value is -2.42. The first-order valence-electron chi connectivity index (χ1n) is 10.5. The number of aromatic amines is 1. The number of carbonyl (C=O) groups excluding carboxylic acids is 2. The molecule has 0 spiro atoms. The minimum Gasteiger partial charge on any atom is -0.453 e. The number of carbonyl (C=O) groups is 2. The lowest BCUT2D eigenvalue weighted by molar-refractivity contribution is -0.137. The zero-order chi connectivity index (χ0) is 22.9. The molecule has 1 aliphatic heterocycles. The van der Waals surface area contributed by atoms with Crippen LogP contribution in [0.5, 0.6) is 0 Å². The average molecular weight is 493 g/mol. The van der Waals surface area contributed by atoms with Crippen LogP contribution < -0.4 is 10.9 Å². The average Bonchev–Trinajstić information content (AvgIpc) is 3.11. The second-order valence-corrected chi connectivity index (χ2v) is 9.41. The second kappa shape index (κ2) is 9.38. The van der Waals surface area contributed by atoms with Crippen LogP contribution in [0.1, 0.15) is 52.3 Å². The summed E-state index contributed by atoms with van der Waals surface area (Å²) >= 11 is 3.43. The highest BCUT2D eigenvalue weighted by Crippen LogP contribution is 2.34.